The van der Waals surface area contributed by atoms with E-state index in [9.17, 15) is 9.59 Å². The van der Waals surface area contributed by atoms with Crippen LogP contribution in [-0.4, -0.2) is 22.0 Å². The Hall–Kier alpha value is -2.38. The molecule has 3 aromatic rings. The summed E-state index contributed by atoms with van der Waals surface area (Å²) in [5, 5.41) is 11.9. The Morgan fingerprint density at radius 3 is 2.81 bits per heavy atom. The van der Waals surface area contributed by atoms with Gasteiger partial charge in [0, 0.05) is 0 Å². The van der Waals surface area contributed by atoms with Gasteiger partial charge in [0.15, 0.2) is 5.13 Å². The molecule has 3 rings (SSSR count). The average molecular weight is 323 g/mol. The SMILES string of the molecule is O=C(O)c1ccc2nc(NC(=O)c3ccoc3Cl)sc2c1. The van der Waals surface area contributed by atoms with Crippen LogP contribution in [0.3, 0.4) is 0 Å². The molecule has 2 heterocycles. The number of benzene rings is 1. The highest BCUT2D eigenvalue weighted by Crippen LogP contribution is 2.28. The van der Waals surface area contributed by atoms with Gasteiger partial charge in [0.25, 0.3) is 5.91 Å². The third-order valence-electron chi connectivity index (χ3n) is 2.72. The van der Waals surface area contributed by atoms with Gasteiger partial charge in [-0.3, -0.25) is 10.1 Å². The van der Waals surface area contributed by atoms with E-state index in [2.05, 4.69) is 10.3 Å². The number of carbonyl (C=O) groups excluding carboxylic acids is 1. The monoisotopic (exact) mass is 322 g/mol. The highest BCUT2D eigenvalue weighted by Gasteiger charge is 2.15. The van der Waals surface area contributed by atoms with Gasteiger partial charge in [-0.15, -0.1) is 0 Å². The van der Waals surface area contributed by atoms with Gasteiger partial charge in [0.05, 0.1) is 27.6 Å². The maximum absolute atomic E-state index is 12.0. The lowest BCUT2D eigenvalue weighted by atomic mass is 10.2. The van der Waals surface area contributed by atoms with Gasteiger partial charge in [-0.2, -0.15) is 0 Å². The Kier molecular flexibility index (Phi) is 3.36. The maximum Gasteiger partial charge on any atom is 0.335 e. The van der Waals surface area contributed by atoms with Crippen molar-refractivity contribution in [2.45, 2.75) is 0 Å². The minimum absolute atomic E-state index is 0.00164. The number of hydrogen-bond donors (Lipinski definition) is 2. The Labute approximate surface area is 127 Å². The number of carboxylic acid groups (broad SMARTS) is 1. The molecule has 0 aliphatic carbocycles. The Bertz CT molecular complexity index is 855. The van der Waals surface area contributed by atoms with Crippen LogP contribution in [0, 0.1) is 0 Å². The first kappa shape index (κ1) is 13.6. The van der Waals surface area contributed by atoms with Crippen LogP contribution in [0.15, 0.2) is 34.9 Å². The summed E-state index contributed by atoms with van der Waals surface area (Å²) in [4.78, 5) is 27.1. The zero-order valence-electron chi connectivity index (χ0n) is 10.3. The van der Waals surface area contributed by atoms with E-state index in [4.69, 9.17) is 21.1 Å². The molecule has 0 aliphatic rings. The zero-order chi connectivity index (χ0) is 15.0. The molecule has 6 nitrogen and oxygen atoms in total. The minimum atomic E-state index is -1.01. The Morgan fingerprint density at radius 2 is 2.14 bits per heavy atom. The maximum atomic E-state index is 12.0. The quantitative estimate of drug-likeness (QED) is 0.770. The van der Waals surface area contributed by atoms with Crippen LogP contribution < -0.4 is 5.32 Å². The largest absolute Gasteiger partial charge is 0.478 e. The van der Waals surface area contributed by atoms with Gasteiger partial charge in [0.1, 0.15) is 0 Å². The van der Waals surface area contributed by atoms with E-state index in [1.54, 1.807) is 6.07 Å². The molecule has 2 N–H and O–H groups in total. The van der Waals surface area contributed by atoms with Crippen molar-refractivity contribution in [3.63, 3.8) is 0 Å². The molecule has 0 spiro atoms. The summed E-state index contributed by atoms with van der Waals surface area (Å²) < 4.78 is 5.52. The van der Waals surface area contributed by atoms with E-state index in [1.807, 2.05) is 0 Å². The van der Waals surface area contributed by atoms with Crippen molar-refractivity contribution in [3.8, 4) is 0 Å². The first-order valence-electron chi connectivity index (χ1n) is 5.73. The third kappa shape index (κ3) is 2.61. The van der Waals surface area contributed by atoms with E-state index in [0.29, 0.717) is 15.3 Å². The Balaban J connectivity index is 1.89. The number of furan rings is 1. The lowest BCUT2D eigenvalue weighted by Crippen LogP contribution is -2.10. The first-order valence-corrected chi connectivity index (χ1v) is 6.92. The molecule has 0 radical (unpaired) electrons. The fourth-order valence-corrected chi connectivity index (χ4v) is 2.83. The molecule has 0 unspecified atom stereocenters. The number of anilines is 1. The normalized spacial score (nSPS) is 10.7. The smallest absolute Gasteiger partial charge is 0.335 e. The van der Waals surface area contributed by atoms with E-state index < -0.39 is 11.9 Å². The van der Waals surface area contributed by atoms with Gasteiger partial charge in [-0.1, -0.05) is 11.3 Å². The molecule has 0 aliphatic heterocycles. The lowest BCUT2D eigenvalue weighted by Gasteiger charge is -1.97. The van der Waals surface area contributed by atoms with Crippen molar-refractivity contribution in [2.24, 2.45) is 0 Å². The van der Waals surface area contributed by atoms with Gasteiger partial charge >= 0.3 is 5.97 Å². The van der Waals surface area contributed by atoms with Crippen LogP contribution in [0.2, 0.25) is 5.22 Å². The van der Waals surface area contributed by atoms with Gasteiger partial charge in [-0.25, -0.2) is 9.78 Å². The molecule has 106 valence electrons. The number of hydrogen-bond acceptors (Lipinski definition) is 5. The van der Waals surface area contributed by atoms with Crippen LogP contribution in [-0.2, 0) is 0 Å². The van der Waals surface area contributed by atoms with E-state index in [0.717, 1.165) is 0 Å². The highest BCUT2D eigenvalue weighted by atomic mass is 35.5. The molecular formula is C13H7ClN2O4S. The van der Waals surface area contributed by atoms with Crippen molar-refractivity contribution in [1.82, 2.24) is 4.98 Å². The Morgan fingerprint density at radius 1 is 1.33 bits per heavy atom. The molecule has 0 fully saturated rings. The number of aromatic carboxylic acids is 1. The second kappa shape index (κ2) is 5.19. The number of halogens is 1. The zero-order valence-corrected chi connectivity index (χ0v) is 11.9. The average Bonchev–Trinajstić information content (AvgIpc) is 3.02. The predicted octanol–water partition coefficient (Wildman–Crippen LogP) is 3.49. The van der Waals surface area contributed by atoms with Gasteiger partial charge < -0.3 is 9.52 Å². The van der Waals surface area contributed by atoms with Crippen molar-refractivity contribution in [3.05, 3.63) is 46.9 Å². The number of aromatic nitrogens is 1. The van der Waals surface area contributed by atoms with Crippen LogP contribution in [0.1, 0.15) is 20.7 Å². The molecule has 0 bridgehead atoms. The molecule has 1 aromatic carbocycles. The molecule has 8 heteroatoms. The fraction of sp³-hybridized carbons (Fsp3) is 0. The minimum Gasteiger partial charge on any atom is -0.478 e. The number of thiazole rings is 1. The fourth-order valence-electron chi connectivity index (χ4n) is 1.73. The van der Waals surface area contributed by atoms with E-state index in [1.165, 1.54) is 35.8 Å². The summed E-state index contributed by atoms with van der Waals surface area (Å²) in [6.45, 7) is 0. The summed E-state index contributed by atoms with van der Waals surface area (Å²) in [6, 6.07) is 6.02. The molecular weight excluding hydrogens is 316 g/mol. The molecule has 1 amide bonds. The molecule has 21 heavy (non-hydrogen) atoms. The summed E-state index contributed by atoms with van der Waals surface area (Å²) in [5.74, 6) is -1.45. The van der Waals surface area contributed by atoms with Crippen LogP contribution in [0.5, 0.6) is 0 Å². The van der Waals surface area contributed by atoms with Crippen molar-refractivity contribution in [1.29, 1.82) is 0 Å². The summed E-state index contributed by atoms with van der Waals surface area (Å²) >= 11 is 6.91. The highest BCUT2D eigenvalue weighted by molar-refractivity contribution is 7.22. The second-order valence-corrected chi connectivity index (χ2v) is 5.44. The van der Waals surface area contributed by atoms with Crippen molar-refractivity contribution >= 4 is 50.2 Å². The molecule has 0 atom stereocenters. The van der Waals surface area contributed by atoms with Crippen molar-refractivity contribution in [2.75, 3.05) is 5.32 Å². The van der Waals surface area contributed by atoms with Crippen LogP contribution in [0.25, 0.3) is 10.2 Å². The molecule has 0 saturated heterocycles. The van der Waals surface area contributed by atoms with Crippen LogP contribution in [0.4, 0.5) is 5.13 Å². The molecule has 0 saturated carbocycles. The lowest BCUT2D eigenvalue weighted by molar-refractivity contribution is 0.0697. The number of nitrogens with one attached hydrogen (secondary N) is 1. The van der Waals surface area contributed by atoms with Crippen LogP contribution >= 0.6 is 22.9 Å². The van der Waals surface area contributed by atoms with Crippen molar-refractivity contribution < 1.29 is 19.1 Å². The summed E-state index contributed by atoms with van der Waals surface area (Å²) in [5.41, 5.74) is 0.989. The first-order chi connectivity index (χ1) is 10.0. The number of carbonyl (C=O) groups is 2. The predicted molar refractivity (Wildman–Crippen MR) is 78.3 cm³/mol. The summed E-state index contributed by atoms with van der Waals surface area (Å²) in [7, 11) is 0. The van der Waals surface area contributed by atoms with E-state index in [-0.39, 0.29) is 16.3 Å². The number of amides is 1. The third-order valence-corrected chi connectivity index (χ3v) is 3.94. The number of fused-ring (bicyclic) bond motifs is 1. The second-order valence-electron chi connectivity index (χ2n) is 4.07. The van der Waals surface area contributed by atoms with E-state index >= 15 is 0 Å². The number of nitrogens with zero attached hydrogens (tertiary/aromatic N) is 1. The number of rotatable bonds is 3. The summed E-state index contributed by atoms with van der Waals surface area (Å²) in [6.07, 6.45) is 1.31. The number of carboxylic acids is 1. The standard InChI is InChI=1S/C13H7ClN2O4S/c14-10-7(3-4-20-10)11(17)16-13-15-8-2-1-6(12(18)19)5-9(8)21-13/h1-5H,(H,18,19)(H,15,16,17). The van der Waals surface area contributed by atoms with Gasteiger partial charge in [-0.05, 0) is 35.9 Å². The molecule has 2 aromatic heterocycles. The van der Waals surface area contributed by atoms with Gasteiger partial charge in [0.2, 0.25) is 5.22 Å². The topological polar surface area (TPSA) is 92.4 Å².